The number of rotatable bonds is 7. The Kier molecular flexibility index (Phi) is 7.03. The second kappa shape index (κ2) is 8.31. The van der Waals surface area contributed by atoms with Crippen molar-refractivity contribution in [2.24, 2.45) is 5.73 Å². The number of nitrogens with one attached hydrogen (secondary N) is 1. The minimum Gasteiger partial charge on any atom is -0.480 e. The van der Waals surface area contributed by atoms with E-state index in [9.17, 15) is 24.6 Å². The van der Waals surface area contributed by atoms with Crippen molar-refractivity contribution in [3.8, 4) is 0 Å². The Morgan fingerprint density at radius 2 is 1.83 bits per heavy atom. The summed E-state index contributed by atoms with van der Waals surface area (Å²) in [5, 5.41) is 40.1. The van der Waals surface area contributed by atoms with Crippen molar-refractivity contribution in [2.75, 3.05) is 6.61 Å². The van der Waals surface area contributed by atoms with E-state index in [4.69, 9.17) is 20.7 Å². The molecule has 1 saturated heterocycles. The van der Waals surface area contributed by atoms with Gasteiger partial charge in [0.15, 0.2) is 0 Å². The average molecular weight is 334 g/mol. The monoisotopic (exact) mass is 334 g/mol. The van der Waals surface area contributed by atoms with Crippen LogP contribution in [0.25, 0.3) is 0 Å². The number of Topliss-reactive ketones (excluding diaryl/α,β-unsaturated/α-hetero) is 1. The molecule has 0 spiro atoms. The number of amides is 1. The number of ether oxygens (including phenoxy) is 1. The van der Waals surface area contributed by atoms with Crippen LogP contribution in [0.1, 0.15) is 19.8 Å². The van der Waals surface area contributed by atoms with E-state index in [0.717, 1.165) is 0 Å². The Hall–Kier alpha value is -1.59. The lowest BCUT2D eigenvalue weighted by Gasteiger charge is -2.42. The fourth-order valence-corrected chi connectivity index (χ4v) is 2.42. The molecule has 1 amide bonds. The van der Waals surface area contributed by atoms with E-state index in [1.54, 1.807) is 0 Å². The predicted octanol–water partition coefficient (Wildman–Crippen LogP) is -3.27. The largest absolute Gasteiger partial charge is 0.480 e. The van der Waals surface area contributed by atoms with Crippen LogP contribution in [0.3, 0.4) is 0 Å². The summed E-state index contributed by atoms with van der Waals surface area (Å²) < 4.78 is 5.36. The third-order valence-corrected chi connectivity index (χ3v) is 3.59. The molecule has 0 aliphatic carbocycles. The van der Waals surface area contributed by atoms with E-state index in [0.29, 0.717) is 0 Å². The number of aliphatic carboxylic acids is 1. The molecular weight excluding hydrogens is 312 g/mol. The highest BCUT2D eigenvalue weighted by molar-refractivity contribution is 5.86. The number of carbonyl (C=O) groups is 3. The molecule has 23 heavy (non-hydrogen) atoms. The van der Waals surface area contributed by atoms with E-state index >= 15 is 0 Å². The number of hydrogen-bond donors (Lipinski definition) is 6. The van der Waals surface area contributed by atoms with Crippen molar-refractivity contribution >= 4 is 17.7 Å². The maximum Gasteiger partial charge on any atom is 0.320 e. The molecule has 5 unspecified atom stereocenters. The molecule has 10 nitrogen and oxygen atoms in total. The average Bonchev–Trinajstić information content (AvgIpc) is 2.46. The summed E-state index contributed by atoms with van der Waals surface area (Å²) in [7, 11) is 0. The van der Waals surface area contributed by atoms with Gasteiger partial charge in [-0.3, -0.25) is 14.4 Å². The molecule has 0 saturated carbocycles. The smallest absolute Gasteiger partial charge is 0.320 e. The molecule has 132 valence electrons. The van der Waals surface area contributed by atoms with Crippen molar-refractivity contribution in [2.45, 2.75) is 56.3 Å². The quantitative estimate of drug-likeness (QED) is 0.278. The number of ketones is 1. The van der Waals surface area contributed by atoms with Crippen molar-refractivity contribution in [1.29, 1.82) is 0 Å². The lowest BCUT2D eigenvalue weighted by atomic mass is 9.89. The molecule has 0 aromatic rings. The number of aliphatic hydroxyl groups is 3. The zero-order chi connectivity index (χ0) is 17.7. The first-order valence-electron chi connectivity index (χ1n) is 7.07. The second-order valence-electron chi connectivity index (χ2n) is 5.49. The number of carboxylic acids is 1. The van der Waals surface area contributed by atoms with Gasteiger partial charge in [-0.1, -0.05) is 0 Å². The lowest BCUT2D eigenvalue weighted by molar-refractivity contribution is -0.196. The van der Waals surface area contributed by atoms with Gasteiger partial charge in [-0.05, 0) is 0 Å². The molecule has 0 aromatic carbocycles. The van der Waals surface area contributed by atoms with Gasteiger partial charge in [-0.25, -0.2) is 0 Å². The maximum absolute atomic E-state index is 11.9. The minimum absolute atomic E-state index is 0.327. The molecule has 0 bridgehead atoms. The fourth-order valence-electron chi connectivity index (χ4n) is 2.42. The summed E-state index contributed by atoms with van der Waals surface area (Å²) in [5.41, 5.74) is 5.28. The van der Waals surface area contributed by atoms with Crippen LogP contribution in [0.15, 0.2) is 0 Å². The fraction of sp³-hybridized carbons (Fsp3) is 0.769. The van der Waals surface area contributed by atoms with Crippen LogP contribution < -0.4 is 11.1 Å². The first-order valence-corrected chi connectivity index (χ1v) is 7.07. The summed E-state index contributed by atoms with van der Waals surface area (Å²) in [5.74, 6) is -2.38. The van der Waals surface area contributed by atoms with Gasteiger partial charge in [0.05, 0.1) is 18.8 Å². The zero-order valence-corrected chi connectivity index (χ0v) is 12.6. The Morgan fingerprint density at radius 1 is 1.22 bits per heavy atom. The van der Waals surface area contributed by atoms with Gasteiger partial charge in [-0.2, -0.15) is 0 Å². The van der Waals surface area contributed by atoms with Crippen LogP contribution in [0.4, 0.5) is 0 Å². The molecule has 1 aliphatic rings. The topological polar surface area (TPSA) is 179 Å². The molecule has 1 aliphatic heterocycles. The molecule has 6 atom stereocenters. The van der Waals surface area contributed by atoms with Crippen molar-refractivity contribution < 1.29 is 39.5 Å². The highest BCUT2D eigenvalue weighted by atomic mass is 16.5. The highest BCUT2D eigenvalue weighted by Crippen LogP contribution is 2.24. The lowest BCUT2D eigenvalue weighted by Crippen LogP contribution is -2.64. The third-order valence-electron chi connectivity index (χ3n) is 3.59. The van der Waals surface area contributed by atoms with Gasteiger partial charge in [0.25, 0.3) is 0 Å². The van der Waals surface area contributed by atoms with Crippen LogP contribution >= 0.6 is 0 Å². The van der Waals surface area contributed by atoms with Crippen LogP contribution in [0, 0.1) is 0 Å². The molecule has 1 fully saturated rings. The minimum atomic E-state index is -1.45. The summed E-state index contributed by atoms with van der Waals surface area (Å²) >= 11 is 0. The molecule has 0 aromatic heterocycles. The van der Waals surface area contributed by atoms with Gasteiger partial charge in [-0.15, -0.1) is 0 Å². The highest BCUT2D eigenvalue weighted by Gasteiger charge is 2.45. The zero-order valence-electron chi connectivity index (χ0n) is 12.6. The van der Waals surface area contributed by atoms with Crippen LogP contribution in [-0.2, 0) is 19.1 Å². The van der Waals surface area contributed by atoms with E-state index in [1.807, 2.05) is 0 Å². The maximum atomic E-state index is 11.9. The molecule has 7 N–H and O–H groups in total. The van der Waals surface area contributed by atoms with E-state index in [1.165, 1.54) is 6.92 Å². The Morgan fingerprint density at radius 3 is 2.30 bits per heavy atom. The molecule has 1 heterocycles. The van der Waals surface area contributed by atoms with Crippen LogP contribution in [0.2, 0.25) is 0 Å². The van der Waals surface area contributed by atoms with E-state index in [-0.39, 0.29) is 6.42 Å². The number of nitrogens with two attached hydrogens (primary N) is 1. The van der Waals surface area contributed by atoms with E-state index < -0.39 is 67.2 Å². The summed E-state index contributed by atoms with van der Waals surface area (Å²) in [6.45, 7) is 0.598. The first-order chi connectivity index (χ1) is 10.7. The van der Waals surface area contributed by atoms with Gasteiger partial charge in [0, 0.05) is 19.8 Å². The van der Waals surface area contributed by atoms with Crippen molar-refractivity contribution in [1.82, 2.24) is 5.32 Å². The Labute approximate surface area is 132 Å². The van der Waals surface area contributed by atoms with Crippen LogP contribution in [0.5, 0.6) is 0 Å². The molecule has 0 radical (unpaired) electrons. The first kappa shape index (κ1) is 19.5. The summed E-state index contributed by atoms with van der Waals surface area (Å²) in [6.07, 6.45) is -5.81. The van der Waals surface area contributed by atoms with Gasteiger partial charge >= 0.3 is 5.97 Å². The summed E-state index contributed by atoms with van der Waals surface area (Å²) in [6, 6.07) is -2.44. The third kappa shape index (κ3) is 5.22. The van der Waals surface area contributed by atoms with Crippen molar-refractivity contribution in [3.05, 3.63) is 0 Å². The standard InChI is InChI=1S/C13H22N2O8/c1-5(17)15-10-8(3-6(18)2-7(14)13(21)22)23-9(4-16)11(19)12(10)20/h7-12,16,19-20H,2-4,14H2,1H3,(H,15,17)(H,21,22)/t7-,8?,9?,10?,11?,12?/m0/s1. The molecule has 1 rings (SSSR count). The second-order valence-corrected chi connectivity index (χ2v) is 5.49. The van der Waals surface area contributed by atoms with Crippen LogP contribution in [-0.4, -0.2) is 81.2 Å². The SMILES string of the molecule is CC(=O)NC1C(CC(=O)C[C@H](N)C(=O)O)OC(CO)C(O)C1O. The number of carboxylic acid groups (broad SMARTS) is 1. The van der Waals surface area contributed by atoms with Crippen molar-refractivity contribution in [3.63, 3.8) is 0 Å². The Bertz CT molecular complexity index is 457. The summed E-state index contributed by atoms with van der Waals surface area (Å²) in [4.78, 5) is 33.8. The number of aliphatic hydroxyl groups excluding tert-OH is 3. The normalized spacial score (nSPS) is 32.1. The molecular formula is C13H22N2O8. The molecule has 10 heteroatoms. The van der Waals surface area contributed by atoms with E-state index in [2.05, 4.69) is 5.32 Å². The number of carbonyl (C=O) groups excluding carboxylic acids is 2. The van der Waals surface area contributed by atoms with Gasteiger partial charge in [0.1, 0.15) is 30.1 Å². The Balaban J connectivity index is 2.82. The predicted molar refractivity (Wildman–Crippen MR) is 75.2 cm³/mol. The van der Waals surface area contributed by atoms with Gasteiger partial charge in [0.2, 0.25) is 5.91 Å². The number of hydrogen-bond acceptors (Lipinski definition) is 8. The van der Waals surface area contributed by atoms with Gasteiger partial charge < -0.3 is 36.2 Å².